The third-order valence-corrected chi connectivity index (χ3v) is 4.87. The van der Waals surface area contributed by atoms with E-state index in [2.05, 4.69) is 0 Å². The second-order valence-corrected chi connectivity index (χ2v) is 7.40. The lowest BCUT2D eigenvalue weighted by Crippen LogP contribution is -2.19. The third kappa shape index (κ3) is 4.79. The summed E-state index contributed by atoms with van der Waals surface area (Å²) >= 11 is 0. The summed E-state index contributed by atoms with van der Waals surface area (Å²) in [5.41, 5.74) is 3.06. The average molecular weight is 425 g/mol. The molecule has 0 saturated carbocycles. The van der Waals surface area contributed by atoms with Crippen LogP contribution in [0.25, 0.3) is 5.70 Å². The first kappa shape index (κ1) is 22.2. The van der Waals surface area contributed by atoms with Crippen molar-refractivity contribution >= 4 is 23.0 Å². The minimum atomic E-state index is -4.51. The Bertz CT molecular complexity index is 1130. The van der Waals surface area contributed by atoms with Gasteiger partial charge in [-0.15, -0.1) is 0 Å². The number of aromatic carboxylic acids is 1. The first-order valence-electron chi connectivity index (χ1n) is 9.64. The Hall–Kier alpha value is -3.54. The SMILES string of the molecule is CC(C)=C(c1ccccc1)N(c1cccc(C(=O)O)c1)c1cc(C(F)(F)F)ccc1C. The smallest absolute Gasteiger partial charge is 0.416 e. The zero-order valence-corrected chi connectivity index (χ0v) is 17.4. The molecule has 6 heteroatoms. The summed E-state index contributed by atoms with van der Waals surface area (Å²) in [6.45, 7) is 5.48. The minimum Gasteiger partial charge on any atom is -0.478 e. The number of alkyl halides is 3. The maximum absolute atomic E-state index is 13.5. The molecule has 0 heterocycles. The summed E-state index contributed by atoms with van der Waals surface area (Å²) < 4.78 is 40.5. The van der Waals surface area contributed by atoms with Crippen molar-refractivity contribution in [2.45, 2.75) is 26.9 Å². The number of rotatable bonds is 5. The highest BCUT2D eigenvalue weighted by atomic mass is 19.4. The van der Waals surface area contributed by atoms with Crippen molar-refractivity contribution in [3.8, 4) is 0 Å². The molecule has 0 radical (unpaired) electrons. The number of carbonyl (C=O) groups is 1. The number of hydrogen-bond acceptors (Lipinski definition) is 2. The van der Waals surface area contributed by atoms with Gasteiger partial charge in [0.05, 0.1) is 16.8 Å². The van der Waals surface area contributed by atoms with Crippen molar-refractivity contribution in [2.24, 2.45) is 0 Å². The van der Waals surface area contributed by atoms with Crippen molar-refractivity contribution < 1.29 is 23.1 Å². The van der Waals surface area contributed by atoms with E-state index in [-0.39, 0.29) is 5.56 Å². The first-order chi connectivity index (χ1) is 14.6. The van der Waals surface area contributed by atoms with Gasteiger partial charge in [-0.2, -0.15) is 13.2 Å². The van der Waals surface area contributed by atoms with Crippen molar-refractivity contribution in [1.29, 1.82) is 0 Å². The molecule has 31 heavy (non-hydrogen) atoms. The second-order valence-electron chi connectivity index (χ2n) is 7.40. The predicted octanol–water partition coefficient (Wildman–Crippen LogP) is 7.30. The Morgan fingerprint density at radius 3 is 2.10 bits per heavy atom. The normalized spacial score (nSPS) is 11.2. The largest absolute Gasteiger partial charge is 0.478 e. The quantitative estimate of drug-likeness (QED) is 0.466. The maximum atomic E-state index is 13.5. The number of hydrogen-bond donors (Lipinski definition) is 1. The molecular weight excluding hydrogens is 403 g/mol. The number of nitrogens with zero attached hydrogens (tertiary/aromatic N) is 1. The van der Waals surface area contributed by atoms with E-state index in [4.69, 9.17) is 0 Å². The summed E-state index contributed by atoms with van der Waals surface area (Å²) in [5, 5.41) is 9.45. The third-order valence-electron chi connectivity index (χ3n) is 4.87. The Labute approximate surface area is 179 Å². The average Bonchev–Trinajstić information content (AvgIpc) is 2.72. The van der Waals surface area contributed by atoms with E-state index in [1.807, 2.05) is 44.2 Å². The van der Waals surface area contributed by atoms with Gasteiger partial charge in [0.25, 0.3) is 0 Å². The molecule has 0 saturated heterocycles. The van der Waals surface area contributed by atoms with Gasteiger partial charge in [-0.25, -0.2) is 4.79 Å². The predicted molar refractivity (Wildman–Crippen MR) is 116 cm³/mol. The number of aryl methyl sites for hydroxylation is 1. The van der Waals surface area contributed by atoms with Crippen molar-refractivity contribution in [3.05, 3.63) is 101 Å². The number of allylic oxidation sites excluding steroid dienone is 1. The summed E-state index contributed by atoms with van der Waals surface area (Å²) in [4.78, 5) is 13.3. The lowest BCUT2D eigenvalue weighted by Gasteiger charge is -2.31. The van der Waals surface area contributed by atoms with Crippen LogP contribution in [-0.4, -0.2) is 11.1 Å². The highest BCUT2D eigenvalue weighted by Crippen LogP contribution is 2.41. The fraction of sp³-hybridized carbons (Fsp3) is 0.160. The van der Waals surface area contributed by atoms with Gasteiger partial charge in [0.15, 0.2) is 0 Å². The molecule has 3 aromatic rings. The standard InChI is InChI=1S/C25H22F3NO2/c1-16(2)23(18-8-5-4-6-9-18)29(21-11-7-10-19(14-21)24(30)31)22-15-20(25(26,27)28)13-12-17(22)3/h4-15H,1-3H3,(H,30,31). The Morgan fingerprint density at radius 2 is 1.52 bits per heavy atom. The highest BCUT2D eigenvalue weighted by molar-refractivity contribution is 5.94. The molecule has 0 aliphatic rings. The number of carboxylic acid groups (broad SMARTS) is 1. The van der Waals surface area contributed by atoms with E-state index in [0.29, 0.717) is 22.6 Å². The van der Waals surface area contributed by atoms with Crippen LogP contribution in [0.3, 0.4) is 0 Å². The van der Waals surface area contributed by atoms with E-state index in [9.17, 15) is 23.1 Å². The molecule has 3 rings (SSSR count). The van der Waals surface area contributed by atoms with Crippen molar-refractivity contribution in [2.75, 3.05) is 4.90 Å². The fourth-order valence-electron chi connectivity index (χ4n) is 3.43. The molecule has 0 aliphatic carbocycles. The van der Waals surface area contributed by atoms with Crippen LogP contribution in [0.1, 0.15) is 40.9 Å². The molecule has 0 aromatic heterocycles. The molecule has 0 spiro atoms. The Morgan fingerprint density at radius 1 is 0.871 bits per heavy atom. The maximum Gasteiger partial charge on any atom is 0.416 e. The number of carboxylic acids is 1. The molecule has 3 nitrogen and oxygen atoms in total. The molecule has 0 aliphatic heterocycles. The zero-order valence-electron chi connectivity index (χ0n) is 17.4. The summed E-state index contributed by atoms with van der Waals surface area (Å²) in [7, 11) is 0. The molecule has 0 atom stereocenters. The summed E-state index contributed by atoms with van der Waals surface area (Å²) in [5.74, 6) is -1.11. The van der Waals surface area contributed by atoms with E-state index >= 15 is 0 Å². The number of benzene rings is 3. The van der Waals surface area contributed by atoms with E-state index in [1.165, 1.54) is 18.2 Å². The zero-order chi connectivity index (χ0) is 22.8. The van der Waals surface area contributed by atoms with Gasteiger partial charge in [-0.3, -0.25) is 0 Å². The van der Waals surface area contributed by atoms with Gasteiger partial charge >= 0.3 is 12.1 Å². The summed E-state index contributed by atoms with van der Waals surface area (Å²) in [6, 6.07) is 19.1. The monoisotopic (exact) mass is 425 g/mol. The molecule has 160 valence electrons. The fourth-order valence-corrected chi connectivity index (χ4v) is 3.43. The first-order valence-corrected chi connectivity index (χ1v) is 9.64. The number of halogens is 3. The molecule has 0 amide bonds. The van der Waals surface area contributed by atoms with Gasteiger partial charge in [0.2, 0.25) is 0 Å². The second kappa shape index (κ2) is 8.68. The van der Waals surface area contributed by atoms with Crippen LogP contribution in [0.4, 0.5) is 24.5 Å². The van der Waals surface area contributed by atoms with Crippen molar-refractivity contribution in [3.63, 3.8) is 0 Å². The lowest BCUT2D eigenvalue weighted by atomic mass is 10.0. The van der Waals surface area contributed by atoms with Crippen LogP contribution >= 0.6 is 0 Å². The Balaban J connectivity index is 2.35. The van der Waals surface area contributed by atoms with Crippen LogP contribution in [0.15, 0.2) is 78.4 Å². The van der Waals surface area contributed by atoms with Crippen LogP contribution in [0.2, 0.25) is 0 Å². The molecule has 1 N–H and O–H groups in total. The van der Waals surface area contributed by atoms with Crippen LogP contribution < -0.4 is 4.90 Å². The van der Waals surface area contributed by atoms with Gasteiger partial charge < -0.3 is 10.0 Å². The molecule has 0 bridgehead atoms. The minimum absolute atomic E-state index is 0.0493. The van der Waals surface area contributed by atoms with Gasteiger partial charge in [-0.1, -0.05) is 48.0 Å². The Kier molecular flexibility index (Phi) is 6.20. The van der Waals surface area contributed by atoms with E-state index < -0.39 is 17.7 Å². The van der Waals surface area contributed by atoms with Crippen LogP contribution in [-0.2, 0) is 6.18 Å². The molecule has 0 unspecified atom stereocenters. The van der Waals surface area contributed by atoms with Crippen LogP contribution in [0.5, 0.6) is 0 Å². The molecular formula is C25H22F3NO2. The topological polar surface area (TPSA) is 40.5 Å². The highest BCUT2D eigenvalue weighted by Gasteiger charge is 2.32. The van der Waals surface area contributed by atoms with Gasteiger partial charge in [0.1, 0.15) is 0 Å². The van der Waals surface area contributed by atoms with Crippen LogP contribution in [0, 0.1) is 6.92 Å². The molecule has 3 aromatic carbocycles. The summed E-state index contributed by atoms with van der Waals surface area (Å²) in [6.07, 6.45) is -4.51. The van der Waals surface area contributed by atoms with Gasteiger partial charge in [0, 0.05) is 11.4 Å². The van der Waals surface area contributed by atoms with E-state index in [0.717, 1.165) is 23.3 Å². The van der Waals surface area contributed by atoms with Gasteiger partial charge in [-0.05, 0) is 62.2 Å². The van der Waals surface area contributed by atoms with Crippen molar-refractivity contribution in [1.82, 2.24) is 0 Å². The number of anilines is 2. The van der Waals surface area contributed by atoms with E-state index in [1.54, 1.807) is 24.0 Å². The molecule has 0 fully saturated rings. The lowest BCUT2D eigenvalue weighted by molar-refractivity contribution is -0.137.